The van der Waals surface area contributed by atoms with Crippen LogP contribution in [0.2, 0.25) is 0 Å². The Morgan fingerprint density at radius 2 is 2.22 bits per heavy atom. The fraction of sp³-hybridized carbons (Fsp3) is 0.375. The van der Waals surface area contributed by atoms with Crippen LogP contribution < -0.4 is 10.6 Å². The number of hydrogen-bond acceptors (Lipinski definition) is 6. The zero-order valence-corrected chi connectivity index (χ0v) is 12.7. The summed E-state index contributed by atoms with van der Waals surface area (Å²) in [5.74, 6) is 0.184. The number of rotatable bonds is 6. The van der Waals surface area contributed by atoms with E-state index >= 15 is 0 Å². The first-order valence-electron chi connectivity index (χ1n) is 7.68. The van der Waals surface area contributed by atoms with Gasteiger partial charge >= 0.3 is 0 Å². The molecular weight excluding hydrogens is 294 g/mol. The third kappa shape index (κ3) is 4.46. The smallest absolute Gasteiger partial charge is 0.270 e. The van der Waals surface area contributed by atoms with Crippen molar-refractivity contribution in [2.24, 2.45) is 0 Å². The van der Waals surface area contributed by atoms with E-state index in [1.165, 1.54) is 0 Å². The Labute approximate surface area is 134 Å². The van der Waals surface area contributed by atoms with Crippen molar-refractivity contribution < 1.29 is 9.53 Å². The van der Waals surface area contributed by atoms with E-state index in [9.17, 15) is 4.79 Å². The molecule has 1 aliphatic heterocycles. The molecule has 0 aliphatic carbocycles. The van der Waals surface area contributed by atoms with Crippen molar-refractivity contribution >= 4 is 11.9 Å². The van der Waals surface area contributed by atoms with Gasteiger partial charge in [-0.3, -0.25) is 9.78 Å². The highest BCUT2D eigenvalue weighted by Crippen LogP contribution is 2.11. The normalized spacial score (nSPS) is 17.0. The molecule has 7 nitrogen and oxygen atoms in total. The maximum Gasteiger partial charge on any atom is 0.270 e. The predicted molar refractivity (Wildman–Crippen MR) is 84.9 cm³/mol. The van der Waals surface area contributed by atoms with Crippen molar-refractivity contribution in [3.8, 4) is 0 Å². The summed E-state index contributed by atoms with van der Waals surface area (Å²) in [4.78, 5) is 24.7. The molecule has 1 atom stereocenters. The molecule has 1 fully saturated rings. The Balaban J connectivity index is 1.54. The number of nitrogens with one attached hydrogen (secondary N) is 2. The largest absolute Gasteiger partial charge is 0.376 e. The Bertz CT molecular complexity index is 644. The number of carbonyl (C=O) groups is 1. The SMILES string of the molecule is O=C(NCC1CCCO1)c1ccnc(NCc2ccccn2)n1. The van der Waals surface area contributed by atoms with Gasteiger partial charge in [-0.05, 0) is 31.0 Å². The Kier molecular flexibility index (Phi) is 5.10. The average molecular weight is 313 g/mol. The molecule has 0 radical (unpaired) electrons. The van der Waals surface area contributed by atoms with Gasteiger partial charge in [0, 0.05) is 25.5 Å². The number of hydrogen-bond donors (Lipinski definition) is 2. The molecule has 0 spiro atoms. The second-order valence-electron chi connectivity index (χ2n) is 5.29. The van der Waals surface area contributed by atoms with Crippen LogP contribution in [0.4, 0.5) is 5.95 Å². The van der Waals surface area contributed by atoms with Crippen LogP contribution in [0.3, 0.4) is 0 Å². The van der Waals surface area contributed by atoms with Crippen molar-refractivity contribution in [3.63, 3.8) is 0 Å². The molecule has 3 heterocycles. The molecule has 1 aliphatic rings. The number of carbonyl (C=O) groups excluding carboxylic acids is 1. The molecule has 0 bridgehead atoms. The third-order valence-electron chi connectivity index (χ3n) is 3.56. The molecule has 1 saturated heterocycles. The van der Waals surface area contributed by atoms with E-state index in [0.717, 1.165) is 25.1 Å². The lowest BCUT2D eigenvalue weighted by molar-refractivity contribution is 0.0853. The van der Waals surface area contributed by atoms with Crippen molar-refractivity contribution in [2.75, 3.05) is 18.5 Å². The number of pyridine rings is 1. The summed E-state index contributed by atoms with van der Waals surface area (Å²) in [6.45, 7) is 1.79. The average Bonchev–Trinajstić information content (AvgIpc) is 3.12. The van der Waals surface area contributed by atoms with Crippen LogP contribution in [0.25, 0.3) is 0 Å². The maximum absolute atomic E-state index is 12.1. The van der Waals surface area contributed by atoms with Gasteiger partial charge < -0.3 is 15.4 Å². The van der Waals surface area contributed by atoms with E-state index in [1.807, 2.05) is 18.2 Å². The van der Waals surface area contributed by atoms with Crippen LogP contribution >= 0.6 is 0 Å². The van der Waals surface area contributed by atoms with E-state index in [4.69, 9.17) is 4.74 Å². The highest BCUT2D eigenvalue weighted by molar-refractivity contribution is 5.92. The van der Waals surface area contributed by atoms with E-state index < -0.39 is 0 Å². The van der Waals surface area contributed by atoms with Crippen LogP contribution in [0.1, 0.15) is 29.0 Å². The zero-order valence-electron chi connectivity index (χ0n) is 12.7. The number of nitrogens with zero attached hydrogens (tertiary/aromatic N) is 3. The minimum absolute atomic E-state index is 0.113. The van der Waals surface area contributed by atoms with Gasteiger partial charge in [0.15, 0.2) is 0 Å². The Morgan fingerprint density at radius 3 is 3.00 bits per heavy atom. The van der Waals surface area contributed by atoms with Gasteiger partial charge in [0.25, 0.3) is 5.91 Å². The molecular formula is C16H19N5O2. The molecule has 23 heavy (non-hydrogen) atoms. The molecule has 2 aromatic heterocycles. The van der Waals surface area contributed by atoms with Gasteiger partial charge in [-0.15, -0.1) is 0 Å². The maximum atomic E-state index is 12.1. The number of anilines is 1. The minimum atomic E-state index is -0.219. The first-order chi connectivity index (χ1) is 11.3. The van der Waals surface area contributed by atoms with Gasteiger partial charge in [0.2, 0.25) is 5.95 Å². The van der Waals surface area contributed by atoms with E-state index in [-0.39, 0.29) is 12.0 Å². The summed E-state index contributed by atoms with van der Waals surface area (Å²) in [7, 11) is 0. The highest BCUT2D eigenvalue weighted by atomic mass is 16.5. The highest BCUT2D eigenvalue weighted by Gasteiger charge is 2.17. The Morgan fingerprint density at radius 1 is 1.26 bits per heavy atom. The van der Waals surface area contributed by atoms with E-state index in [1.54, 1.807) is 18.5 Å². The molecule has 7 heteroatoms. The molecule has 120 valence electrons. The molecule has 1 unspecified atom stereocenters. The Hall–Kier alpha value is -2.54. The number of amides is 1. The van der Waals surface area contributed by atoms with Crippen molar-refractivity contribution in [3.05, 3.63) is 48.0 Å². The first-order valence-corrected chi connectivity index (χ1v) is 7.68. The second-order valence-corrected chi connectivity index (χ2v) is 5.29. The molecule has 0 aromatic carbocycles. The summed E-state index contributed by atoms with van der Waals surface area (Å²) in [6, 6.07) is 7.28. The van der Waals surface area contributed by atoms with Crippen molar-refractivity contribution in [1.29, 1.82) is 0 Å². The lowest BCUT2D eigenvalue weighted by Gasteiger charge is -2.11. The van der Waals surface area contributed by atoms with Crippen LogP contribution in [0.15, 0.2) is 36.7 Å². The van der Waals surface area contributed by atoms with E-state index in [2.05, 4.69) is 25.6 Å². The van der Waals surface area contributed by atoms with Crippen LogP contribution in [-0.2, 0) is 11.3 Å². The molecule has 0 saturated carbocycles. The molecule has 1 amide bonds. The summed E-state index contributed by atoms with van der Waals surface area (Å²) in [5.41, 5.74) is 1.21. The standard InChI is InChI=1S/C16H19N5O2/c22-15(19-11-13-5-3-9-23-13)14-6-8-18-16(21-14)20-10-12-4-1-2-7-17-12/h1-2,4,6-8,13H,3,5,9-11H2,(H,19,22)(H,18,20,21). The lowest BCUT2D eigenvalue weighted by atomic mass is 10.2. The van der Waals surface area contributed by atoms with Crippen molar-refractivity contribution in [1.82, 2.24) is 20.3 Å². The number of aromatic nitrogens is 3. The molecule has 2 aromatic rings. The van der Waals surface area contributed by atoms with Crippen molar-refractivity contribution in [2.45, 2.75) is 25.5 Å². The lowest BCUT2D eigenvalue weighted by Crippen LogP contribution is -2.32. The topological polar surface area (TPSA) is 89.0 Å². The van der Waals surface area contributed by atoms with Gasteiger partial charge in [0.1, 0.15) is 5.69 Å². The summed E-state index contributed by atoms with van der Waals surface area (Å²) >= 11 is 0. The van der Waals surface area contributed by atoms with Crippen LogP contribution in [0.5, 0.6) is 0 Å². The molecule has 2 N–H and O–H groups in total. The second kappa shape index (κ2) is 7.64. The fourth-order valence-corrected chi connectivity index (χ4v) is 2.35. The van der Waals surface area contributed by atoms with Gasteiger partial charge in [-0.2, -0.15) is 0 Å². The zero-order chi connectivity index (χ0) is 15.9. The minimum Gasteiger partial charge on any atom is -0.376 e. The van der Waals surface area contributed by atoms with Crippen LogP contribution in [-0.4, -0.2) is 40.1 Å². The quantitative estimate of drug-likeness (QED) is 0.838. The van der Waals surface area contributed by atoms with Gasteiger partial charge in [0.05, 0.1) is 18.3 Å². The van der Waals surface area contributed by atoms with E-state index in [0.29, 0.717) is 24.7 Å². The van der Waals surface area contributed by atoms with Crippen LogP contribution in [0, 0.1) is 0 Å². The van der Waals surface area contributed by atoms with Gasteiger partial charge in [-0.25, -0.2) is 9.97 Å². The third-order valence-corrected chi connectivity index (χ3v) is 3.56. The number of ether oxygens (including phenoxy) is 1. The summed E-state index contributed by atoms with van der Waals surface area (Å²) < 4.78 is 5.48. The molecule has 3 rings (SSSR count). The predicted octanol–water partition coefficient (Wildman–Crippen LogP) is 1.39. The van der Waals surface area contributed by atoms with Gasteiger partial charge in [-0.1, -0.05) is 6.07 Å². The first kappa shape index (κ1) is 15.4. The summed E-state index contributed by atoms with van der Waals surface area (Å²) in [6.07, 6.45) is 5.44. The summed E-state index contributed by atoms with van der Waals surface area (Å²) in [5, 5.41) is 5.91. The fourth-order valence-electron chi connectivity index (χ4n) is 2.35. The monoisotopic (exact) mass is 313 g/mol.